The van der Waals surface area contributed by atoms with Gasteiger partial charge in [0.1, 0.15) is 5.82 Å². The summed E-state index contributed by atoms with van der Waals surface area (Å²) in [7, 11) is 0. The molecule has 17 heavy (non-hydrogen) atoms. The van der Waals surface area contributed by atoms with Crippen LogP contribution in [-0.4, -0.2) is 4.98 Å². The number of anilines is 1. The summed E-state index contributed by atoms with van der Waals surface area (Å²) < 4.78 is 13.4. The van der Waals surface area contributed by atoms with E-state index in [-0.39, 0.29) is 12.4 Å². The maximum absolute atomic E-state index is 13.4. The Labute approximate surface area is 99.5 Å². The summed E-state index contributed by atoms with van der Waals surface area (Å²) in [6, 6.07) is 8.73. The van der Waals surface area contributed by atoms with Gasteiger partial charge < -0.3 is 11.1 Å². The smallest absolute Gasteiger partial charge is 0.129 e. The molecule has 0 aliphatic rings. The van der Waals surface area contributed by atoms with E-state index in [1.54, 1.807) is 18.5 Å². The number of nitrogens with zero attached hydrogens (tertiary/aromatic N) is 1. The molecule has 1 heterocycles. The Balaban J connectivity index is 2.12. The van der Waals surface area contributed by atoms with Gasteiger partial charge in [0.05, 0.1) is 0 Å². The lowest BCUT2D eigenvalue weighted by Crippen LogP contribution is -2.07. The third-order valence-electron chi connectivity index (χ3n) is 2.56. The predicted octanol–water partition coefficient (Wildman–Crippen LogP) is 2.29. The molecule has 0 amide bonds. The molecule has 0 radical (unpaired) electrons. The van der Waals surface area contributed by atoms with Crippen LogP contribution in [0.4, 0.5) is 10.1 Å². The maximum atomic E-state index is 13.4. The molecule has 0 spiro atoms. The Kier molecular flexibility index (Phi) is 3.67. The summed E-state index contributed by atoms with van der Waals surface area (Å²) in [5, 5.41) is 3.17. The van der Waals surface area contributed by atoms with Crippen molar-refractivity contribution in [1.29, 1.82) is 0 Å². The van der Waals surface area contributed by atoms with Crippen LogP contribution in [0.2, 0.25) is 0 Å². The number of pyridine rings is 1. The van der Waals surface area contributed by atoms with E-state index in [4.69, 9.17) is 5.73 Å². The number of nitrogens with one attached hydrogen (secondary N) is 1. The largest absolute Gasteiger partial charge is 0.381 e. The molecule has 2 rings (SSSR count). The predicted molar refractivity (Wildman–Crippen MR) is 65.9 cm³/mol. The zero-order valence-corrected chi connectivity index (χ0v) is 9.36. The lowest BCUT2D eigenvalue weighted by atomic mass is 10.1. The van der Waals surface area contributed by atoms with Crippen molar-refractivity contribution in [1.82, 2.24) is 4.98 Å². The number of hydrogen-bond acceptors (Lipinski definition) is 3. The summed E-state index contributed by atoms with van der Waals surface area (Å²) >= 11 is 0. The third-order valence-corrected chi connectivity index (χ3v) is 2.56. The first-order valence-corrected chi connectivity index (χ1v) is 5.41. The molecule has 1 aromatic carbocycles. The minimum Gasteiger partial charge on any atom is -0.381 e. The lowest BCUT2D eigenvalue weighted by molar-refractivity contribution is 0.611. The van der Waals surface area contributed by atoms with Gasteiger partial charge in [0.15, 0.2) is 0 Å². The van der Waals surface area contributed by atoms with Gasteiger partial charge in [0.2, 0.25) is 0 Å². The van der Waals surface area contributed by atoms with Gasteiger partial charge >= 0.3 is 0 Å². The van der Waals surface area contributed by atoms with Gasteiger partial charge in [-0.15, -0.1) is 0 Å². The highest BCUT2D eigenvalue weighted by atomic mass is 19.1. The Morgan fingerprint density at radius 1 is 1.18 bits per heavy atom. The van der Waals surface area contributed by atoms with Crippen LogP contribution in [0.1, 0.15) is 11.1 Å². The van der Waals surface area contributed by atoms with E-state index in [0.29, 0.717) is 12.1 Å². The molecule has 0 saturated carbocycles. The average molecular weight is 231 g/mol. The minimum atomic E-state index is -0.271. The SMILES string of the molecule is NCc1c(F)cccc1NCc1ccncc1. The Hall–Kier alpha value is -1.94. The van der Waals surface area contributed by atoms with Gasteiger partial charge in [-0.3, -0.25) is 4.98 Å². The van der Waals surface area contributed by atoms with Crippen LogP contribution in [0, 0.1) is 5.82 Å². The second-order valence-electron chi connectivity index (χ2n) is 3.68. The summed E-state index contributed by atoms with van der Waals surface area (Å²) in [6.07, 6.45) is 3.46. The van der Waals surface area contributed by atoms with E-state index in [2.05, 4.69) is 10.3 Å². The molecule has 0 aliphatic heterocycles. The van der Waals surface area contributed by atoms with Crippen molar-refractivity contribution in [3.63, 3.8) is 0 Å². The van der Waals surface area contributed by atoms with E-state index in [9.17, 15) is 4.39 Å². The van der Waals surface area contributed by atoms with Gasteiger partial charge in [-0.1, -0.05) is 6.07 Å². The van der Waals surface area contributed by atoms with Gasteiger partial charge in [-0.25, -0.2) is 4.39 Å². The van der Waals surface area contributed by atoms with Crippen LogP contribution in [-0.2, 0) is 13.1 Å². The van der Waals surface area contributed by atoms with E-state index < -0.39 is 0 Å². The maximum Gasteiger partial charge on any atom is 0.129 e. The van der Waals surface area contributed by atoms with E-state index in [0.717, 1.165) is 11.3 Å². The molecule has 3 N–H and O–H groups in total. The monoisotopic (exact) mass is 231 g/mol. The van der Waals surface area contributed by atoms with E-state index in [1.807, 2.05) is 18.2 Å². The van der Waals surface area contributed by atoms with Crippen molar-refractivity contribution in [2.45, 2.75) is 13.1 Å². The topological polar surface area (TPSA) is 50.9 Å². The second-order valence-corrected chi connectivity index (χ2v) is 3.68. The fraction of sp³-hybridized carbons (Fsp3) is 0.154. The third kappa shape index (κ3) is 2.79. The normalized spacial score (nSPS) is 10.2. The van der Waals surface area contributed by atoms with Crippen molar-refractivity contribution >= 4 is 5.69 Å². The van der Waals surface area contributed by atoms with Crippen molar-refractivity contribution in [2.75, 3.05) is 5.32 Å². The van der Waals surface area contributed by atoms with Crippen LogP contribution in [0.25, 0.3) is 0 Å². The molecule has 88 valence electrons. The molecule has 0 atom stereocenters. The van der Waals surface area contributed by atoms with Crippen LogP contribution in [0.15, 0.2) is 42.7 Å². The molecule has 3 nitrogen and oxygen atoms in total. The molecule has 0 unspecified atom stereocenters. The van der Waals surface area contributed by atoms with Crippen molar-refractivity contribution < 1.29 is 4.39 Å². The highest BCUT2D eigenvalue weighted by molar-refractivity contribution is 5.52. The van der Waals surface area contributed by atoms with E-state index >= 15 is 0 Å². The first-order chi connectivity index (χ1) is 8.31. The standard InChI is InChI=1S/C13H14FN3/c14-12-2-1-3-13(11(12)8-15)17-9-10-4-6-16-7-5-10/h1-7,17H,8-9,15H2. The van der Waals surface area contributed by atoms with Gasteiger partial charge in [-0.2, -0.15) is 0 Å². The number of nitrogens with two attached hydrogens (primary N) is 1. The number of hydrogen-bond donors (Lipinski definition) is 2. The molecule has 0 fully saturated rings. The van der Waals surface area contributed by atoms with Crippen LogP contribution in [0.5, 0.6) is 0 Å². The van der Waals surface area contributed by atoms with Gasteiger partial charge in [-0.05, 0) is 29.8 Å². The molecule has 0 aliphatic carbocycles. The Bertz CT molecular complexity index is 485. The zero-order valence-electron chi connectivity index (χ0n) is 9.36. The van der Waals surface area contributed by atoms with Crippen molar-refractivity contribution in [3.8, 4) is 0 Å². The Morgan fingerprint density at radius 3 is 2.65 bits per heavy atom. The van der Waals surface area contributed by atoms with Crippen molar-refractivity contribution in [3.05, 3.63) is 59.7 Å². The first-order valence-electron chi connectivity index (χ1n) is 5.41. The number of benzene rings is 1. The summed E-state index contributed by atoms with van der Waals surface area (Å²) in [4.78, 5) is 3.94. The molecule has 2 aromatic rings. The van der Waals surface area contributed by atoms with Crippen LogP contribution >= 0.6 is 0 Å². The quantitative estimate of drug-likeness (QED) is 0.848. The molecular formula is C13H14FN3. The fourth-order valence-corrected chi connectivity index (χ4v) is 1.63. The van der Waals surface area contributed by atoms with Crippen LogP contribution < -0.4 is 11.1 Å². The Morgan fingerprint density at radius 2 is 1.94 bits per heavy atom. The summed E-state index contributed by atoms with van der Waals surface area (Å²) in [5.74, 6) is -0.271. The molecule has 0 bridgehead atoms. The summed E-state index contributed by atoms with van der Waals surface area (Å²) in [6.45, 7) is 0.810. The molecule has 4 heteroatoms. The van der Waals surface area contributed by atoms with Gasteiger partial charge in [0, 0.05) is 36.7 Å². The van der Waals surface area contributed by atoms with Crippen LogP contribution in [0.3, 0.4) is 0 Å². The molecular weight excluding hydrogens is 217 g/mol. The van der Waals surface area contributed by atoms with Crippen molar-refractivity contribution in [2.24, 2.45) is 5.73 Å². The first kappa shape index (κ1) is 11.5. The highest BCUT2D eigenvalue weighted by Gasteiger charge is 2.05. The minimum absolute atomic E-state index is 0.186. The number of aromatic nitrogens is 1. The lowest BCUT2D eigenvalue weighted by Gasteiger charge is -2.11. The molecule has 0 saturated heterocycles. The zero-order chi connectivity index (χ0) is 12.1. The number of rotatable bonds is 4. The molecule has 1 aromatic heterocycles. The van der Waals surface area contributed by atoms with E-state index in [1.165, 1.54) is 6.07 Å². The highest BCUT2D eigenvalue weighted by Crippen LogP contribution is 2.18. The average Bonchev–Trinajstić information content (AvgIpc) is 2.37. The second kappa shape index (κ2) is 5.41. The fourth-order valence-electron chi connectivity index (χ4n) is 1.63. The van der Waals surface area contributed by atoms with Gasteiger partial charge in [0.25, 0.3) is 0 Å². The summed E-state index contributed by atoms with van der Waals surface area (Å²) in [5.41, 5.74) is 7.88. The number of halogens is 1.